The van der Waals surface area contributed by atoms with E-state index in [2.05, 4.69) is 4.72 Å². The molecule has 0 fully saturated rings. The quantitative estimate of drug-likeness (QED) is 0.391. The standard InChI is InChI=1S/C24H23NO3S2/c1-17-5-3-4-6-24(17)25-30(27,28)23-13-9-20(10-14-23)16-22(29)15-19-7-11-21(12-8-19)18(2)26/h3-14,25H,15-16H2,1-2H3. The van der Waals surface area contributed by atoms with Gasteiger partial charge in [0.1, 0.15) is 0 Å². The van der Waals surface area contributed by atoms with Crippen LogP contribution in [0.2, 0.25) is 0 Å². The Morgan fingerprint density at radius 2 is 1.40 bits per heavy atom. The lowest BCUT2D eigenvalue weighted by Gasteiger charge is -2.11. The Balaban J connectivity index is 1.64. The molecule has 4 nitrogen and oxygen atoms in total. The number of rotatable bonds is 8. The highest BCUT2D eigenvalue weighted by Gasteiger charge is 2.15. The lowest BCUT2D eigenvalue weighted by Crippen LogP contribution is -2.14. The van der Waals surface area contributed by atoms with Gasteiger partial charge in [-0.3, -0.25) is 9.52 Å². The number of Topliss-reactive ketones (excluding diaryl/α,β-unsaturated/α-hetero) is 1. The number of carbonyl (C=O) groups excluding carboxylic acids is 1. The molecule has 0 amide bonds. The van der Waals surface area contributed by atoms with E-state index in [4.69, 9.17) is 12.2 Å². The maximum atomic E-state index is 12.6. The molecule has 0 unspecified atom stereocenters. The Labute approximate surface area is 183 Å². The van der Waals surface area contributed by atoms with Crippen molar-refractivity contribution in [1.29, 1.82) is 0 Å². The molecule has 0 aromatic heterocycles. The highest BCUT2D eigenvalue weighted by atomic mass is 32.2. The van der Waals surface area contributed by atoms with Crippen molar-refractivity contribution < 1.29 is 13.2 Å². The summed E-state index contributed by atoms with van der Waals surface area (Å²) in [5.74, 6) is 0.0380. The van der Waals surface area contributed by atoms with Gasteiger partial charge in [-0.15, -0.1) is 0 Å². The molecule has 1 N–H and O–H groups in total. The van der Waals surface area contributed by atoms with Crippen molar-refractivity contribution in [3.63, 3.8) is 0 Å². The van der Waals surface area contributed by atoms with E-state index < -0.39 is 10.0 Å². The molecule has 0 aliphatic rings. The molecule has 0 aliphatic carbocycles. The van der Waals surface area contributed by atoms with Gasteiger partial charge in [-0.1, -0.05) is 66.8 Å². The molecule has 3 rings (SSSR count). The molecule has 0 radical (unpaired) electrons. The minimum atomic E-state index is -3.65. The number of benzene rings is 3. The van der Waals surface area contributed by atoms with Gasteiger partial charge in [0, 0.05) is 23.3 Å². The average molecular weight is 438 g/mol. The summed E-state index contributed by atoms with van der Waals surface area (Å²) < 4.78 is 27.9. The first-order valence-corrected chi connectivity index (χ1v) is 11.4. The summed E-state index contributed by atoms with van der Waals surface area (Å²) in [6.07, 6.45) is 1.21. The molecule has 0 saturated carbocycles. The number of sulfonamides is 1. The van der Waals surface area contributed by atoms with Gasteiger partial charge in [-0.25, -0.2) is 8.42 Å². The van der Waals surface area contributed by atoms with Crippen LogP contribution in [0.5, 0.6) is 0 Å². The molecular weight excluding hydrogens is 414 g/mol. The molecule has 0 spiro atoms. The van der Waals surface area contributed by atoms with E-state index in [9.17, 15) is 13.2 Å². The van der Waals surface area contributed by atoms with Crippen molar-refractivity contribution in [2.75, 3.05) is 4.72 Å². The van der Waals surface area contributed by atoms with Gasteiger partial charge >= 0.3 is 0 Å². The van der Waals surface area contributed by atoms with Crippen LogP contribution in [0, 0.1) is 6.92 Å². The smallest absolute Gasteiger partial charge is 0.261 e. The first-order chi connectivity index (χ1) is 14.2. The second-order valence-electron chi connectivity index (χ2n) is 7.21. The second kappa shape index (κ2) is 9.32. The van der Waals surface area contributed by atoms with E-state index in [1.807, 2.05) is 31.2 Å². The Kier molecular flexibility index (Phi) is 6.80. The molecule has 6 heteroatoms. The fourth-order valence-corrected chi connectivity index (χ4v) is 4.52. The average Bonchev–Trinajstić information content (AvgIpc) is 2.70. The van der Waals surface area contributed by atoms with Gasteiger partial charge in [-0.05, 0) is 48.7 Å². The Hall–Kier alpha value is -2.83. The van der Waals surface area contributed by atoms with E-state index in [1.165, 1.54) is 0 Å². The number of anilines is 1. The third-order valence-electron chi connectivity index (χ3n) is 4.79. The lowest BCUT2D eigenvalue weighted by molar-refractivity contribution is 0.101. The van der Waals surface area contributed by atoms with Crippen molar-refractivity contribution in [2.45, 2.75) is 31.6 Å². The topological polar surface area (TPSA) is 63.2 Å². The number of carbonyl (C=O) groups is 1. The highest BCUT2D eigenvalue weighted by Crippen LogP contribution is 2.20. The number of hydrogen-bond donors (Lipinski definition) is 1. The molecule has 30 heavy (non-hydrogen) atoms. The van der Waals surface area contributed by atoms with Gasteiger partial charge in [0.2, 0.25) is 0 Å². The molecule has 0 saturated heterocycles. The van der Waals surface area contributed by atoms with Crippen LogP contribution < -0.4 is 4.72 Å². The van der Waals surface area contributed by atoms with Gasteiger partial charge in [-0.2, -0.15) is 0 Å². The van der Waals surface area contributed by atoms with Crippen molar-refractivity contribution in [3.8, 4) is 0 Å². The SMILES string of the molecule is CC(=O)c1ccc(CC(=S)Cc2ccc(S(=O)(=O)Nc3ccccc3C)cc2)cc1. The van der Waals surface area contributed by atoms with Crippen LogP contribution >= 0.6 is 12.2 Å². The van der Waals surface area contributed by atoms with Gasteiger partial charge in [0.15, 0.2) is 5.78 Å². The fourth-order valence-electron chi connectivity index (χ4n) is 3.05. The minimum absolute atomic E-state index is 0.0380. The molecule has 0 bridgehead atoms. The van der Waals surface area contributed by atoms with Gasteiger partial charge in [0.25, 0.3) is 10.0 Å². The maximum absolute atomic E-state index is 12.6. The predicted molar refractivity (Wildman–Crippen MR) is 125 cm³/mol. The summed E-state index contributed by atoms with van der Waals surface area (Å²) in [7, 11) is -3.65. The van der Waals surface area contributed by atoms with Crippen LogP contribution in [0.3, 0.4) is 0 Å². The van der Waals surface area contributed by atoms with Gasteiger partial charge < -0.3 is 0 Å². The number of thiocarbonyl (C=S) groups is 1. The van der Waals surface area contributed by atoms with Crippen LogP contribution in [0.4, 0.5) is 5.69 Å². The second-order valence-corrected chi connectivity index (χ2v) is 9.47. The maximum Gasteiger partial charge on any atom is 0.261 e. The lowest BCUT2D eigenvalue weighted by atomic mass is 10.0. The predicted octanol–water partition coefficient (Wildman–Crippen LogP) is 5.15. The molecule has 154 valence electrons. The van der Waals surface area contributed by atoms with Crippen LogP contribution in [0.15, 0.2) is 77.7 Å². The van der Waals surface area contributed by atoms with Crippen molar-refractivity contribution in [1.82, 2.24) is 0 Å². The molecule has 0 atom stereocenters. The minimum Gasteiger partial charge on any atom is -0.295 e. The summed E-state index contributed by atoms with van der Waals surface area (Å²) in [4.78, 5) is 12.4. The number of ketones is 1. The van der Waals surface area contributed by atoms with Crippen molar-refractivity contribution in [2.24, 2.45) is 0 Å². The van der Waals surface area contributed by atoms with Crippen LogP contribution in [0.25, 0.3) is 0 Å². The van der Waals surface area contributed by atoms with E-state index in [0.29, 0.717) is 24.1 Å². The first kappa shape index (κ1) is 21.9. The molecule has 0 heterocycles. The van der Waals surface area contributed by atoms with Crippen LogP contribution in [-0.4, -0.2) is 19.1 Å². The summed E-state index contributed by atoms with van der Waals surface area (Å²) in [6.45, 7) is 3.40. The third-order valence-corrected chi connectivity index (χ3v) is 6.46. The summed E-state index contributed by atoms with van der Waals surface area (Å²) in [6, 6.07) is 21.5. The molecule has 3 aromatic carbocycles. The molecule has 3 aromatic rings. The Morgan fingerprint density at radius 3 is 1.93 bits per heavy atom. The van der Waals surface area contributed by atoms with E-state index in [-0.39, 0.29) is 10.7 Å². The van der Waals surface area contributed by atoms with Crippen LogP contribution in [-0.2, 0) is 22.9 Å². The van der Waals surface area contributed by atoms with E-state index >= 15 is 0 Å². The zero-order valence-electron chi connectivity index (χ0n) is 16.9. The number of hydrogen-bond acceptors (Lipinski definition) is 4. The van der Waals surface area contributed by atoms with Crippen molar-refractivity contribution >= 4 is 38.6 Å². The number of para-hydroxylation sites is 1. The van der Waals surface area contributed by atoms with E-state index in [1.54, 1.807) is 55.5 Å². The zero-order chi connectivity index (χ0) is 21.7. The normalized spacial score (nSPS) is 11.1. The highest BCUT2D eigenvalue weighted by molar-refractivity contribution is 7.92. The van der Waals surface area contributed by atoms with E-state index in [0.717, 1.165) is 21.6 Å². The zero-order valence-corrected chi connectivity index (χ0v) is 18.5. The molecular formula is C24H23NO3S2. The summed E-state index contributed by atoms with van der Waals surface area (Å²) in [5.41, 5.74) is 4.11. The number of aryl methyl sites for hydroxylation is 1. The fraction of sp³-hybridized carbons (Fsp3) is 0.167. The Morgan fingerprint density at radius 1 is 0.867 bits per heavy atom. The monoisotopic (exact) mass is 437 g/mol. The largest absolute Gasteiger partial charge is 0.295 e. The van der Waals surface area contributed by atoms with Crippen LogP contribution in [0.1, 0.15) is 34.0 Å². The number of nitrogens with one attached hydrogen (secondary N) is 1. The third kappa shape index (κ3) is 5.62. The summed E-state index contributed by atoms with van der Waals surface area (Å²) >= 11 is 5.51. The first-order valence-electron chi connectivity index (χ1n) is 9.53. The van der Waals surface area contributed by atoms with Crippen molar-refractivity contribution in [3.05, 3.63) is 95.1 Å². The Bertz CT molecular complexity index is 1170. The summed E-state index contributed by atoms with van der Waals surface area (Å²) in [5, 5.41) is 0. The van der Waals surface area contributed by atoms with Gasteiger partial charge in [0.05, 0.1) is 10.6 Å². The molecule has 0 aliphatic heterocycles.